The van der Waals surface area contributed by atoms with Gasteiger partial charge in [-0.1, -0.05) is 24.6 Å². The Morgan fingerprint density at radius 3 is 2.17 bits per heavy atom. The third-order valence-corrected chi connectivity index (χ3v) is 3.46. The standard InChI is InChI=1S/C18H31NO4/c1-9-18(7,12-10-11-13(2)3)14(15(20)22-8)19-16(21)23-17(4,5)6/h9,11,14H,1,10,12H2,2-8H3,(H,19,21)/t14-,18-/m1/s1. The van der Waals surface area contributed by atoms with E-state index in [2.05, 4.69) is 18.0 Å². The van der Waals surface area contributed by atoms with Crippen LogP contribution in [0.15, 0.2) is 24.3 Å². The number of nitrogens with one attached hydrogen (secondary N) is 1. The number of carbonyl (C=O) groups excluding carboxylic acids is 2. The summed E-state index contributed by atoms with van der Waals surface area (Å²) in [5, 5.41) is 2.63. The largest absolute Gasteiger partial charge is 0.467 e. The molecule has 0 aromatic heterocycles. The molecule has 1 N–H and O–H groups in total. The zero-order valence-electron chi connectivity index (χ0n) is 15.5. The monoisotopic (exact) mass is 325 g/mol. The van der Waals surface area contributed by atoms with Crippen molar-refractivity contribution in [1.29, 1.82) is 0 Å². The van der Waals surface area contributed by atoms with Crippen LogP contribution < -0.4 is 5.32 Å². The van der Waals surface area contributed by atoms with Crippen LogP contribution in [0.3, 0.4) is 0 Å². The third-order valence-electron chi connectivity index (χ3n) is 3.46. The number of methoxy groups -OCH3 is 1. The summed E-state index contributed by atoms with van der Waals surface area (Å²) in [6.07, 6.45) is 4.54. The van der Waals surface area contributed by atoms with E-state index in [9.17, 15) is 9.59 Å². The Labute approximate surface area is 140 Å². The van der Waals surface area contributed by atoms with Gasteiger partial charge in [-0.25, -0.2) is 9.59 Å². The SMILES string of the molecule is C=C[C@](C)(CCC=C(C)C)[C@H](NC(=O)OC(C)(C)C)C(=O)OC. The lowest BCUT2D eigenvalue weighted by Gasteiger charge is -2.34. The molecule has 0 fully saturated rings. The Bertz CT molecular complexity index is 458. The van der Waals surface area contributed by atoms with Gasteiger partial charge in [0.15, 0.2) is 0 Å². The van der Waals surface area contributed by atoms with Crippen molar-refractivity contribution in [3.05, 3.63) is 24.3 Å². The number of amides is 1. The molecule has 23 heavy (non-hydrogen) atoms. The van der Waals surface area contributed by atoms with Crippen molar-refractivity contribution in [3.63, 3.8) is 0 Å². The van der Waals surface area contributed by atoms with Gasteiger partial charge in [-0.05, 0) is 47.5 Å². The fourth-order valence-corrected chi connectivity index (χ4v) is 2.07. The number of ether oxygens (including phenoxy) is 2. The molecule has 0 bridgehead atoms. The summed E-state index contributed by atoms with van der Waals surface area (Å²) in [6.45, 7) is 15.0. The predicted octanol–water partition coefficient (Wildman–Crippen LogP) is 3.99. The maximum atomic E-state index is 12.2. The lowest BCUT2D eigenvalue weighted by molar-refractivity contribution is -0.145. The average molecular weight is 325 g/mol. The van der Waals surface area contributed by atoms with Gasteiger partial charge in [0.2, 0.25) is 0 Å². The van der Waals surface area contributed by atoms with Crippen molar-refractivity contribution < 1.29 is 19.1 Å². The zero-order chi connectivity index (χ0) is 18.3. The topological polar surface area (TPSA) is 64.6 Å². The van der Waals surface area contributed by atoms with E-state index in [1.54, 1.807) is 26.8 Å². The quantitative estimate of drug-likeness (QED) is 0.568. The molecule has 0 rings (SSSR count). The van der Waals surface area contributed by atoms with Gasteiger partial charge in [0, 0.05) is 5.41 Å². The zero-order valence-corrected chi connectivity index (χ0v) is 15.5. The van der Waals surface area contributed by atoms with Crippen LogP contribution in [0.1, 0.15) is 54.4 Å². The first-order valence-electron chi connectivity index (χ1n) is 7.79. The third kappa shape index (κ3) is 7.86. The van der Waals surface area contributed by atoms with Crippen LogP contribution in [0.5, 0.6) is 0 Å². The second-order valence-corrected chi connectivity index (χ2v) is 7.13. The lowest BCUT2D eigenvalue weighted by atomic mass is 9.78. The number of allylic oxidation sites excluding steroid dienone is 2. The molecular weight excluding hydrogens is 294 g/mol. The fourth-order valence-electron chi connectivity index (χ4n) is 2.07. The fraction of sp³-hybridized carbons (Fsp3) is 0.667. The average Bonchev–Trinajstić information content (AvgIpc) is 2.41. The van der Waals surface area contributed by atoms with Gasteiger partial charge in [-0.3, -0.25) is 0 Å². The molecule has 132 valence electrons. The number of rotatable bonds is 7. The first-order chi connectivity index (χ1) is 10.4. The van der Waals surface area contributed by atoms with Gasteiger partial charge in [0.1, 0.15) is 11.6 Å². The van der Waals surface area contributed by atoms with Crippen molar-refractivity contribution in [2.24, 2.45) is 5.41 Å². The minimum absolute atomic E-state index is 0.518. The number of alkyl carbamates (subject to hydrolysis) is 1. The minimum Gasteiger partial charge on any atom is -0.467 e. The van der Waals surface area contributed by atoms with Crippen molar-refractivity contribution in [3.8, 4) is 0 Å². The van der Waals surface area contributed by atoms with Crippen molar-refractivity contribution in [1.82, 2.24) is 5.32 Å². The van der Waals surface area contributed by atoms with Crippen molar-refractivity contribution in [2.75, 3.05) is 7.11 Å². The first-order valence-corrected chi connectivity index (χ1v) is 7.79. The summed E-state index contributed by atoms with van der Waals surface area (Å²) in [7, 11) is 1.30. The van der Waals surface area contributed by atoms with E-state index in [4.69, 9.17) is 9.47 Å². The molecule has 0 saturated heterocycles. The summed E-state index contributed by atoms with van der Waals surface area (Å²) in [4.78, 5) is 24.2. The van der Waals surface area contributed by atoms with Crippen LogP contribution in [0.25, 0.3) is 0 Å². The van der Waals surface area contributed by atoms with Crippen LogP contribution >= 0.6 is 0 Å². The second-order valence-electron chi connectivity index (χ2n) is 7.13. The lowest BCUT2D eigenvalue weighted by Crippen LogP contribution is -2.52. The summed E-state index contributed by atoms with van der Waals surface area (Å²) in [5.74, 6) is -0.518. The van der Waals surface area contributed by atoms with E-state index in [1.165, 1.54) is 12.7 Å². The minimum atomic E-state index is -0.856. The highest BCUT2D eigenvalue weighted by molar-refractivity contribution is 5.82. The summed E-state index contributed by atoms with van der Waals surface area (Å²) in [6, 6.07) is -0.856. The Hall–Kier alpha value is -1.78. The highest BCUT2D eigenvalue weighted by Gasteiger charge is 2.39. The highest BCUT2D eigenvalue weighted by atomic mass is 16.6. The molecule has 0 saturated carbocycles. The smallest absolute Gasteiger partial charge is 0.408 e. The maximum absolute atomic E-state index is 12.2. The number of esters is 1. The van der Waals surface area contributed by atoms with Gasteiger partial charge in [0.25, 0.3) is 0 Å². The molecule has 0 aliphatic carbocycles. The summed E-state index contributed by atoms with van der Waals surface area (Å²) in [5.41, 5.74) is -0.0843. The number of hydrogen-bond acceptors (Lipinski definition) is 4. The Morgan fingerprint density at radius 1 is 1.22 bits per heavy atom. The highest BCUT2D eigenvalue weighted by Crippen LogP contribution is 2.31. The van der Waals surface area contributed by atoms with E-state index in [0.29, 0.717) is 6.42 Å². The van der Waals surface area contributed by atoms with Crippen LogP contribution in [0.2, 0.25) is 0 Å². The molecule has 0 aromatic rings. The van der Waals surface area contributed by atoms with Gasteiger partial charge >= 0.3 is 12.1 Å². The molecule has 0 aromatic carbocycles. The Kier molecular flexibility index (Phi) is 8.07. The second kappa shape index (κ2) is 8.75. The van der Waals surface area contributed by atoms with Crippen molar-refractivity contribution in [2.45, 2.75) is 66.0 Å². The van der Waals surface area contributed by atoms with E-state index in [1.807, 2.05) is 20.8 Å². The predicted molar refractivity (Wildman–Crippen MR) is 92.1 cm³/mol. The van der Waals surface area contributed by atoms with Crippen LogP contribution in [0.4, 0.5) is 4.79 Å². The molecule has 0 radical (unpaired) electrons. The van der Waals surface area contributed by atoms with E-state index < -0.39 is 29.1 Å². The molecule has 0 heterocycles. The Morgan fingerprint density at radius 2 is 1.78 bits per heavy atom. The molecule has 0 aliphatic heterocycles. The van der Waals surface area contributed by atoms with Gasteiger partial charge in [0.05, 0.1) is 7.11 Å². The molecule has 1 amide bonds. The number of carbonyl (C=O) groups is 2. The van der Waals surface area contributed by atoms with Gasteiger partial charge in [-0.15, -0.1) is 6.58 Å². The maximum Gasteiger partial charge on any atom is 0.408 e. The molecule has 2 atom stereocenters. The van der Waals surface area contributed by atoms with Crippen LogP contribution in [0, 0.1) is 5.41 Å². The van der Waals surface area contributed by atoms with Gasteiger partial charge in [-0.2, -0.15) is 0 Å². The van der Waals surface area contributed by atoms with E-state index in [-0.39, 0.29) is 0 Å². The van der Waals surface area contributed by atoms with E-state index >= 15 is 0 Å². The number of hydrogen-bond donors (Lipinski definition) is 1. The van der Waals surface area contributed by atoms with Crippen LogP contribution in [-0.2, 0) is 14.3 Å². The van der Waals surface area contributed by atoms with Gasteiger partial charge < -0.3 is 14.8 Å². The van der Waals surface area contributed by atoms with E-state index in [0.717, 1.165) is 6.42 Å². The summed E-state index contributed by atoms with van der Waals surface area (Å²) >= 11 is 0. The molecule has 5 heteroatoms. The summed E-state index contributed by atoms with van der Waals surface area (Å²) < 4.78 is 10.1. The molecule has 0 unspecified atom stereocenters. The first kappa shape index (κ1) is 21.2. The molecule has 0 spiro atoms. The normalized spacial score (nSPS) is 14.9. The molecular formula is C18H31NO4. The van der Waals surface area contributed by atoms with Crippen LogP contribution in [-0.4, -0.2) is 30.8 Å². The Balaban J connectivity index is 5.25. The molecule has 5 nitrogen and oxygen atoms in total. The van der Waals surface area contributed by atoms with Crippen molar-refractivity contribution >= 4 is 12.1 Å². The molecule has 0 aliphatic rings.